The average Bonchev–Trinajstić information content (AvgIpc) is 3.49. The molecule has 2 atom stereocenters. The zero-order valence-electron chi connectivity index (χ0n) is 23.5. The summed E-state index contributed by atoms with van der Waals surface area (Å²) in [5.41, 5.74) is 9.58. The van der Waals surface area contributed by atoms with Crippen molar-refractivity contribution in [2.24, 2.45) is 11.7 Å². The van der Waals surface area contributed by atoms with E-state index in [0.717, 1.165) is 75.2 Å². The standard InChI is InChI=1S/C32H44FN5O2/c33-26-12-14-27(15-13-26)38-19-17-37(18-20-38)22-25-11-10-24(32(40)36-29-8-4-3-7-28(29)34)21-30(25)35-31(39)16-9-23-5-1-2-6-23/h10-15,21,23,28-29H,1-9,16-20,22,34H2,(H,35,39)(H,36,40). The molecule has 2 aromatic carbocycles. The number of nitrogens with one attached hydrogen (secondary N) is 2. The summed E-state index contributed by atoms with van der Waals surface area (Å²) in [6, 6.07) is 12.3. The van der Waals surface area contributed by atoms with Crippen LogP contribution >= 0.6 is 0 Å². The van der Waals surface area contributed by atoms with Crippen molar-refractivity contribution in [1.82, 2.24) is 10.2 Å². The first-order valence-electron chi connectivity index (χ1n) is 15.2. The van der Waals surface area contributed by atoms with Crippen LogP contribution in [0.3, 0.4) is 0 Å². The fraction of sp³-hybridized carbons (Fsp3) is 0.562. The normalized spacial score (nSPS) is 22.3. The zero-order valence-corrected chi connectivity index (χ0v) is 23.5. The molecule has 2 aromatic rings. The molecule has 0 bridgehead atoms. The largest absolute Gasteiger partial charge is 0.369 e. The van der Waals surface area contributed by atoms with E-state index >= 15 is 0 Å². The van der Waals surface area contributed by atoms with Gasteiger partial charge >= 0.3 is 0 Å². The lowest BCUT2D eigenvalue weighted by atomic mass is 9.91. The Balaban J connectivity index is 1.25. The number of carbonyl (C=O) groups is 2. The number of halogens is 1. The van der Waals surface area contributed by atoms with Crippen LogP contribution in [0, 0.1) is 11.7 Å². The summed E-state index contributed by atoms with van der Waals surface area (Å²) in [7, 11) is 0. The minimum atomic E-state index is -0.223. The van der Waals surface area contributed by atoms with E-state index in [1.54, 1.807) is 0 Å². The summed E-state index contributed by atoms with van der Waals surface area (Å²) >= 11 is 0. The Morgan fingerprint density at radius 3 is 2.33 bits per heavy atom. The second-order valence-electron chi connectivity index (χ2n) is 11.9. The Labute approximate surface area is 237 Å². The highest BCUT2D eigenvalue weighted by Crippen LogP contribution is 2.29. The second-order valence-corrected chi connectivity index (χ2v) is 11.9. The van der Waals surface area contributed by atoms with Crippen LogP contribution < -0.4 is 21.3 Å². The molecule has 7 nitrogen and oxygen atoms in total. The number of hydrogen-bond donors (Lipinski definition) is 3. The molecule has 3 fully saturated rings. The van der Waals surface area contributed by atoms with Gasteiger partial charge in [-0.1, -0.05) is 44.6 Å². The summed E-state index contributed by atoms with van der Waals surface area (Å²) < 4.78 is 13.3. The minimum absolute atomic E-state index is 0.0113. The maximum atomic E-state index is 13.3. The first-order valence-corrected chi connectivity index (χ1v) is 15.2. The van der Waals surface area contributed by atoms with Crippen molar-refractivity contribution in [2.45, 2.75) is 82.8 Å². The molecular formula is C32H44FN5O2. The molecule has 0 radical (unpaired) electrons. The SMILES string of the molecule is NC1CCCCC1NC(=O)c1ccc(CN2CCN(c3ccc(F)cc3)CC2)c(NC(=O)CCC2CCCC2)c1. The van der Waals surface area contributed by atoms with E-state index in [2.05, 4.69) is 20.4 Å². The van der Waals surface area contributed by atoms with Gasteiger partial charge in [0.05, 0.1) is 0 Å². The van der Waals surface area contributed by atoms with Gasteiger partial charge in [0.25, 0.3) is 5.91 Å². The van der Waals surface area contributed by atoms with E-state index in [0.29, 0.717) is 24.4 Å². The lowest BCUT2D eigenvalue weighted by molar-refractivity contribution is -0.116. The maximum Gasteiger partial charge on any atom is 0.251 e. The smallest absolute Gasteiger partial charge is 0.251 e. The van der Waals surface area contributed by atoms with Crippen LogP contribution in [0.1, 0.15) is 80.1 Å². The fourth-order valence-corrected chi connectivity index (χ4v) is 6.47. The molecule has 0 spiro atoms. The lowest BCUT2D eigenvalue weighted by Crippen LogP contribution is -2.49. The predicted octanol–water partition coefficient (Wildman–Crippen LogP) is 5.06. The topological polar surface area (TPSA) is 90.7 Å². The number of amides is 2. The molecule has 216 valence electrons. The fourth-order valence-electron chi connectivity index (χ4n) is 6.47. The molecule has 40 heavy (non-hydrogen) atoms. The van der Waals surface area contributed by atoms with Crippen LogP contribution in [0.5, 0.6) is 0 Å². The van der Waals surface area contributed by atoms with Gasteiger partial charge in [0.2, 0.25) is 5.91 Å². The summed E-state index contributed by atoms with van der Waals surface area (Å²) in [5.74, 6) is 0.308. The van der Waals surface area contributed by atoms with E-state index < -0.39 is 0 Å². The Bertz CT molecular complexity index is 1140. The van der Waals surface area contributed by atoms with E-state index in [9.17, 15) is 14.0 Å². The highest BCUT2D eigenvalue weighted by Gasteiger charge is 2.25. The van der Waals surface area contributed by atoms with E-state index in [1.165, 1.54) is 37.8 Å². The number of piperazine rings is 1. The molecular weight excluding hydrogens is 505 g/mol. The van der Waals surface area contributed by atoms with Crippen molar-refractivity contribution < 1.29 is 14.0 Å². The lowest BCUT2D eigenvalue weighted by Gasteiger charge is -2.36. The van der Waals surface area contributed by atoms with Crippen molar-refractivity contribution >= 4 is 23.2 Å². The van der Waals surface area contributed by atoms with Crippen molar-refractivity contribution in [2.75, 3.05) is 36.4 Å². The van der Waals surface area contributed by atoms with Crippen LogP contribution in [0.25, 0.3) is 0 Å². The molecule has 4 N–H and O–H groups in total. The third-order valence-corrected chi connectivity index (χ3v) is 8.99. The van der Waals surface area contributed by atoms with E-state index in [1.807, 2.05) is 30.3 Å². The van der Waals surface area contributed by atoms with Gasteiger partial charge in [0.1, 0.15) is 5.82 Å². The van der Waals surface area contributed by atoms with E-state index in [-0.39, 0.29) is 29.7 Å². The summed E-state index contributed by atoms with van der Waals surface area (Å²) in [6.07, 6.45) is 10.4. The minimum Gasteiger partial charge on any atom is -0.369 e. The predicted molar refractivity (Wildman–Crippen MR) is 158 cm³/mol. The highest BCUT2D eigenvalue weighted by molar-refractivity contribution is 5.98. The molecule has 2 unspecified atom stereocenters. The van der Waals surface area contributed by atoms with Gasteiger partial charge in [-0.25, -0.2) is 4.39 Å². The van der Waals surface area contributed by atoms with Crippen molar-refractivity contribution in [1.29, 1.82) is 0 Å². The Morgan fingerprint density at radius 2 is 1.60 bits per heavy atom. The van der Waals surface area contributed by atoms with Crippen molar-refractivity contribution in [3.8, 4) is 0 Å². The summed E-state index contributed by atoms with van der Waals surface area (Å²) in [6.45, 7) is 4.08. The van der Waals surface area contributed by atoms with Gasteiger partial charge in [-0.3, -0.25) is 14.5 Å². The molecule has 1 aliphatic heterocycles. The third kappa shape index (κ3) is 7.61. The van der Waals surface area contributed by atoms with Crippen LogP contribution in [-0.2, 0) is 11.3 Å². The van der Waals surface area contributed by atoms with Crippen molar-refractivity contribution in [3.63, 3.8) is 0 Å². The number of carbonyl (C=O) groups excluding carboxylic acids is 2. The van der Waals surface area contributed by atoms with Gasteiger partial charge in [0.15, 0.2) is 0 Å². The molecule has 2 aliphatic carbocycles. The number of rotatable bonds is 9. The Morgan fingerprint density at radius 1 is 0.900 bits per heavy atom. The summed E-state index contributed by atoms with van der Waals surface area (Å²) in [4.78, 5) is 30.8. The van der Waals surface area contributed by atoms with Gasteiger partial charge < -0.3 is 21.3 Å². The number of benzene rings is 2. The van der Waals surface area contributed by atoms with Crippen LogP contribution in [0.4, 0.5) is 15.8 Å². The molecule has 3 aliphatic rings. The molecule has 5 rings (SSSR count). The second kappa shape index (κ2) is 13.6. The number of anilines is 2. The van der Waals surface area contributed by atoms with Gasteiger partial charge in [-0.2, -0.15) is 0 Å². The Kier molecular flexibility index (Phi) is 9.70. The van der Waals surface area contributed by atoms with Gasteiger partial charge in [-0.05, 0) is 67.1 Å². The highest BCUT2D eigenvalue weighted by atomic mass is 19.1. The zero-order chi connectivity index (χ0) is 27.9. The van der Waals surface area contributed by atoms with Crippen LogP contribution in [0.15, 0.2) is 42.5 Å². The molecule has 1 saturated heterocycles. The first kappa shape index (κ1) is 28.6. The van der Waals surface area contributed by atoms with Gasteiger partial charge in [0, 0.05) is 68.2 Å². The molecule has 0 aromatic heterocycles. The number of nitrogens with two attached hydrogens (primary N) is 1. The Hall–Kier alpha value is -2.97. The average molecular weight is 550 g/mol. The number of hydrogen-bond acceptors (Lipinski definition) is 5. The molecule has 1 heterocycles. The summed E-state index contributed by atoms with van der Waals surface area (Å²) in [5, 5.41) is 6.29. The first-order chi connectivity index (χ1) is 19.4. The van der Waals surface area contributed by atoms with Crippen molar-refractivity contribution in [3.05, 3.63) is 59.4 Å². The maximum absolute atomic E-state index is 13.3. The van der Waals surface area contributed by atoms with Gasteiger partial charge in [-0.15, -0.1) is 0 Å². The third-order valence-electron chi connectivity index (χ3n) is 8.99. The molecule has 8 heteroatoms. The quantitative estimate of drug-likeness (QED) is 0.407. The monoisotopic (exact) mass is 549 g/mol. The molecule has 2 amide bonds. The molecule has 2 saturated carbocycles. The van der Waals surface area contributed by atoms with E-state index in [4.69, 9.17) is 5.73 Å². The number of nitrogens with zero attached hydrogens (tertiary/aromatic N) is 2. The van der Waals surface area contributed by atoms with Crippen LogP contribution in [-0.4, -0.2) is 55.0 Å². The van der Waals surface area contributed by atoms with Crippen LogP contribution in [0.2, 0.25) is 0 Å².